The van der Waals surface area contributed by atoms with Crippen LogP contribution in [0, 0.1) is 0 Å². The van der Waals surface area contributed by atoms with Crippen molar-refractivity contribution in [1.29, 1.82) is 0 Å². The summed E-state index contributed by atoms with van der Waals surface area (Å²) in [4.78, 5) is -0.273. The summed E-state index contributed by atoms with van der Waals surface area (Å²) < 4.78 is 36.0. The second-order valence-corrected chi connectivity index (χ2v) is 8.18. The minimum atomic E-state index is -4.68. The minimum Gasteiger partial charge on any atom is -0.744 e. The van der Waals surface area contributed by atoms with E-state index < -0.39 is 10.1 Å². The van der Waals surface area contributed by atoms with Crippen molar-refractivity contribution in [1.82, 2.24) is 0 Å². The quantitative estimate of drug-likeness (QED) is 0.319. The third kappa shape index (κ3) is 2.37. The van der Waals surface area contributed by atoms with E-state index in [9.17, 15) is 13.0 Å². The van der Waals surface area contributed by atoms with Gasteiger partial charge in [0.05, 0.1) is 9.92 Å². The third-order valence-electron chi connectivity index (χ3n) is 5.27. The molecule has 2 bridgehead atoms. The molecular formula is C20H12ClNaO3S. The molecule has 0 N–H and O–H groups in total. The van der Waals surface area contributed by atoms with E-state index in [-0.39, 0.29) is 51.3 Å². The third-order valence-corrected chi connectivity index (χ3v) is 6.63. The molecule has 3 aromatic rings. The molecule has 0 unspecified atom stereocenters. The molecular weight excluding hydrogens is 379 g/mol. The van der Waals surface area contributed by atoms with Crippen LogP contribution in [0.5, 0.6) is 0 Å². The van der Waals surface area contributed by atoms with Crippen LogP contribution in [0.25, 0.3) is 0 Å². The number of halogens is 1. The van der Waals surface area contributed by atoms with Gasteiger partial charge in [0, 0.05) is 11.8 Å². The smallest absolute Gasteiger partial charge is 0.744 e. The number of hydrogen-bond donors (Lipinski definition) is 0. The molecule has 0 spiro atoms. The summed E-state index contributed by atoms with van der Waals surface area (Å²) in [6, 6.07) is 19.4. The molecule has 6 heteroatoms. The average molecular weight is 391 g/mol. The monoisotopic (exact) mass is 390 g/mol. The van der Waals surface area contributed by atoms with Crippen molar-refractivity contribution in [2.24, 2.45) is 0 Å². The molecule has 0 aliphatic heterocycles. The number of benzene rings is 3. The Kier molecular flexibility index (Phi) is 4.35. The van der Waals surface area contributed by atoms with Crippen LogP contribution in [-0.4, -0.2) is 13.0 Å². The summed E-state index contributed by atoms with van der Waals surface area (Å²) in [5, 5.41) is -0.00346. The molecule has 0 aromatic heterocycles. The first-order chi connectivity index (χ1) is 12.0. The Morgan fingerprint density at radius 3 is 1.65 bits per heavy atom. The predicted octanol–water partition coefficient (Wildman–Crippen LogP) is 1.24. The summed E-state index contributed by atoms with van der Waals surface area (Å²) in [6.45, 7) is 0. The summed E-state index contributed by atoms with van der Waals surface area (Å²) in [6.07, 6.45) is 0. The van der Waals surface area contributed by atoms with Crippen LogP contribution < -0.4 is 29.6 Å². The van der Waals surface area contributed by atoms with E-state index in [0.29, 0.717) is 5.56 Å². The van der Waals surface area contributed by atoms with Gasteiger partial charge in [-0.1, -0.05) is 66.2 Å². The Bertz CT molecular complexity index is 1110. The van der Waals surface area contributed by atoms with Gasteiger partial charge in [0.15, 0.2) is 0 Å². The van der Waals surface area contributed by atoms with E-state index >= 15 is 0 Å². The Balaban J connectivity index is 0.00000168. The van der Waals surface area contributed by atoms with Gasteiger partial charge in [-0.3, -0.25) is 0 Å². The Labute approximate surface area is 179 Å². The van der Waals surface area contributed by atoms with Crippen LogP contribution >= 0.6 is 11.6 Å². The maximum Gasteiger partial charge on any atom is 1.00 e. The van der Waals surface area contributed by atoms with Gasteiger partial charge in [0.1, 0.15) is 10.1 Å². The van der Waals surface area contributed by atoms with Crippen LogP contribution in [0.3, 0.4) is 0 Å². The van der Waals surface area contributed by atoms with E-state index in [0.717, 1.165) is 27.8 Å². The van der Waals surface area contributed by atoms with E-state index in [1.165, 1.54) is 6.07 Å². The van der Waals surface area contributed by atoms with E-state index in [4.69, 9.17) is 11.6 Å². The Morgan fingerprint density at radius 1 is 0.731 bits per heavy atom. The largest absolute Gasteiger partial charge is 1.00 e. The number of rotatable bonds is 1. The Morgan fingerprint density at radius 2 is 1.19 bits per heavy atom. The summed E-state index contributed by atoms with van der Waals surface area (Å²) in [7, 11) is -4.68. The fourth-order valence-electron chi connectivity index (χ4n) is 4.45. The normalized spacial score (nSPS) is 19.2. The molecule has 0 heterocycles. The van der Waals surface area contributed by atoms with Crippen molar-refractivity contribution in [3.63, 3.8) is 0 Å². The fourth-order valence-corrected chi connectivity index (χ4v) is 5.71. The summed E-state index contributed by atoms with van der Waals surface area (Å²) in [5.41, 5.74) is 5.83. The van der Waals surface area contributed by atoms with Gasteiger partial charge in [0.2, 0.25) is 0 Å². The van der Waals surface area contributed by atoms with Gasteiger partial charge in [-0.2, -0.15) is 0 Å². The molecule has 3 aliphatic rings. The first kappa shape index (κ1) is 18.2. The van der Waals surface area contributed by atoms with Gasteiger partial charge in [-0.25, -0.2) is 8.42 Å². The molecule has 26 heavy (non-hydrogen) atoms. The van der Waals surface area contributed by atoms with E-state index in [1.54, 1.807) is 0 Å². The van der Waals surface area contributed by atoms with Crippen molar-refractivity contribution < 1.29 is 42.5 Å². The zero-order valence-corrected chi connectivity index (χ0v) is 17.5. The van der Waals surface area contributed by atoms with Gasteiger partial charge in [-0.05, 0) is 39.4 Å². The van der Waals surface area contributed by atoms with Gasteiger partial charge in [-0.15, -0.1) is 0 Å². The zero-order chi connectivity index (χ0) is 17.3. The van der Waals surface area contributed by atoms with E-state index in [2.05, 4.69) is 12.1 Å². The van der Waals surface area contributed by atoms with Gasteiger partial charge >= 0.3 is 29.6 Å². The molecule has 3 aromatic carbocycles. The maximum atomic E-state index is 12.0. The van der Waals surface area contributed by atoms with Gasteiger partial charge < -0.3 is 4.55 Å². The topological polar surface area (TPSA) is 57.2 Å². The van der Waals surface area contributed by atoms with Crippen LogP contribution in [0.15, 0.2) is 65.6 Å². The molecule has 0 radical (unpaired) electrons. The molecule has 0 amide bonds. The van der Waals surface area contributed by atoms with Crippen molar-refractivity contribution in [2.75, 3.05) is 0 Å². The standard InChI is InChI=1S/C20H13ClO3S.Na/c21-16-10-9-15-17-11-5-1-3-7-13(11)18(14-8-4-2-6-12(14)17)19(15)20(16)25(22,23)24;/h1-10,17-18H,(H,22,23,24);/q;+1/p-1. The first-order valence-electron chi connectivity index (χ1n) is 7.94. The van der Waals surface area contributed by atoms with Crippen LogP contribution in [-0.2, 0) is 10.1 Å². The fraction of sp³-hybridized carbons (Fsp3) is 0.100. The van der Waals surface area contributed by atoms with Crippen LogP contribution in [0.2, 0.25) is 5.02 Å². The molecule has 0 fully saturated rings. The molecule has 0 atom stereocenters. The Hall–Kier alpha value is -1.14. The number of hydrogen-bond acceptors (Lipinski definition) is 3. The van der Waals surface area contributed by atoms with Crippen molar-refractivity contribution >= 4 is 21.7 Å². The second kappa shape index (κ2) is 6.20. The average Bonchev–Trinajstić information content (AvgIpc) is 2.60. The maximum absolute atomic E-state index is 12.0. The van der Waals surface area contributed by atoms with E-state index in [1.807, 2.05) is 42.5 Å². The summed E-state index contributed by atoms with van der Waals surface area (Å²) in [5.74, 6) is -0.366. The second-order valence-electron chi connectivity index (χ2n) is 6.46. The van der Waals surface area contributed by atoms with Crippen molar-refractivity contribution in [3.05, 3.63) is 99.1 Å². The van der Waals surface area contributed by atoms with Crippen molar-refractivity contribution in [2.45, 2.75) is 16.7 Å². The first-order valence-corrected chi connectivity index (χ1v) is 9.73. The van der Waals surface area contributed by atoms with Crippen molar-refractivity contribution in [3.8, 4) is 0 Å². The molecule has 0 saturated heterocycles. The molecule has 3 nitrogen and oxygen atoms in total. The predicted molar refractivity (Wildman–Crippen MR) is 94.2 cm³/mol. The molecule has 3 aliphatic carbocycles. The SMILES string of the molecule is O=S(=O)([O-])c1c(Cl)ccc2c1C1c3ccccc3C2c2ccccc21.[Na+]. The van der Waals surface area contributed by atoms with Crippen LogP contribution in [0.4, 0.5) is 0 Å². The van der Waals surface area contributed by atoms with Crippen LogP contribution in [0.1, 0.15) is 45.2 Å². The molecule has 124 valence electrons. The minimum absolute atomic E-state index is 0. The molecule has 0 saturated carbocycles. The molecule has 6 rings (SSSR count). The summed E-state index contributed by atoms with van der Waals surface area (Å²) >= 11 is 6.16. The zero-order valence-electron chi connectivity index (χ0n) is 13.9. The van der Waals surface area contributed by atoms with Gasteiger partial charge in [0.25, 0.3) is 0 Å².